The molecule has 0 saturated carbocycles. The molecule has 132 valence electrons. The highest BCUT2D eigenvalue weighted by Crippen LogP contribution is 2.36. The molecule has 0 aliphatic carbocycles. The Bertz CT molecular complexity index is 781. The molecule has 1 N–H and O–H groups in total. The monoisotopic (exact) mass is 363 g/mol. The van der Waals surface area contributed by atoms with Gasteiger partial charge in [0.25, 0.3) is 0 Å². The summed E-state index contributed by atoms with van der Waals surface area (Å²) in [7, 11) is 0. The first kappa shape index (κ1) is 17.7. The highest BCUT2D eigenvalue weighted by molar-refractivity contribution is 5.95. The average molecular weight is 364 g/mol. The SMILES string of the molecule is Cl.O=C1OC(Cc2ccc(F)cc2)c2ccc(N3CC[C@@H](O)C3)cc21. The second-order valence-electron chi connectivity index (χ2n) is 6.38. The van der Waals surface area contributed by atoms with Gasteiger partial charge in [0.15, 0.2) is 0 Å². The first-order valence-corrected chi connectivity index (χ1v) is 8.12. The Morgan fingerprint density at radius 3 is 2.64 bits per heavy atom. The van der Waals surface area contributed by atoms with E-state index >= 15 is 0 Å². The normalized spacial score (nSPS) is 21.7. The van der Waals surface area contributed by atoms with Crippen molar-refractivity contribution in [1.82, 2.24) is 0 Å². The number of ether oxygens (including phenoxy) is 1. The minimum absolute atomic E-state index is 0. The number of hydrogen-bond donors (Lipinski definition) is 1. The molecule has 1 fully saturated rings. The van der Waals surface area contributed by atoms with E-state index in [9.17, 15) is 14.3 Å². The predicted octanol–water partition coefficient (Wildman–Crippen LogP) is 3.27. The van der Waals surface area contributed by atoms with Crippen LogP contribution in [0.25, 0.3) is 0 Å². The molecule has 1 saturated heterocycles. The molecule has 25 heavy (non-hydrogen) atoms. The minimum atomic E-state index is -0.337. The fourth-order valence-electron chi connectivity index (χ4n) is 3.42. The molecule has 1 unspecified atom stereocenters. The number of carbonyl (C=O) groups excluding carboxylic acids is 1. The molecule has 2 aliphatic rings. The number of fused-ring (bicyclic) bond motifs is 1. The average Bonchev–Trinajstić information content (AvgIpc) is 3.14. The van der Waals surface area contributed by atoms with Crippen LogP contribution in [-0.4, -0.2) is 30.3 Å². The zero-order valence-electron chi connectivity index (χ0n) is 13.5. The van der Waals surface area contributed by atoms with E-state index in [2.05, 4.69) is 4.90 Å². The Morgan fingerprint density at radius 1 is 1.20 bits per heavy atom. The van der Waals surface area contributed by atoms with E-state index in [1.165, 1.54) is 12.1 Å². The van der Waals surface area contributed by atoms with Crippen LogP contribution in [-0.2, 0) is 11.2 Å². The molecule has 2 aromatic rings. The number of anilines is 1. The van der Waals surface area contributed by atoms with Gasteiger partial charge in [0.1, 0.15) is 11.9 Å². The van der Waals surface area contributed by atoms with Crippen LogP contribution < -0.4 is 4.90 Å². The highest BCUT2D eigenvalue weighted by atomic mass is 35.5. The summed E-state index contributed by atoms with van der Waals surface area (Å²) < 4.78 is 18.5. The summed E-state index contributed by atoms with van der Waals surface area (Å²) in [4.78, 5) is 14.3. The van der Waals surface area contributed by atoms with Crippen LogP contribution in [0.2, 0.25) is 0 Å². The van der Waals surface area contributed by atoms with Crippen LogP contribution in [0.5, 0.6) is 0 Å². The molecular weight excluding hydrogens is 345 g/mol. The first-order valence-electron chi connectivity index (χ1n) is 8.12. The molecular formula is C19H19ClFNO3. The minimum Gasteiger partial charge on any atom is -0.454 e. The van der Waals surface area contributed by atoms with Gasteiger partial charge in [-0.1, -0.05) is 18.2 Å². The van der Waals surface area contributed by atoms with Gasteiger partial charge in [-0.3, -0.25) is 0 Å². The maximum absolute atomic E-state index is 13.0. The largest absolute Gasteiger partial charge is 0.454 e. The Labute approximate surface area is 151 Å². The molecule has 0 spiro atoms. The Kier molecular flexibility index (Phi) is 4.97. The summed E-state index contributed by atoms with van der Waals surface area (Å²) >= 11 is 0. The van der Waals surface area contributed by atoms with Crippen LogP contribution in [0.1, 0.15) is 34.0 Å². The summed E-state index contributed by atoms with van der Waals surface area (Å²) in [6, 6.07) is 12.0. The van der Waals surface area contributed by atoms with Crippen molar-refractivity contribution in [2.75, 3.05) is 18.0 Å². The number of esters is 1. The van der Waals surface area contributed by atoms with E-state index in [0.717, 1.165) is 29.8 Å². The Morgan fingerprint density at radius 2 is 1.96 bits per heavy atom. The van der Waals surface area contributed by atoms with E-state index in [1.807, 2.05) is 18.2 Å². The number of cyclic esters (lactones) is 1. The van der Waals surface area contributed by atoms with Crippen LogP contribution in [0.4, 0.5) is 10.1 Å². The molecule has 2 heterocycles. The molecule has 6 heteroatoms. The van der Waals surface area contributed by atoms with Crippen LogP contribution >= 0.6 is 12.4 Å². The zero-order valence-corrected chi connectivity index (χ0v) is 14.3. The van der Waals surface area contributed by atoms with Gasteiger partial charge in [0.2, 0.25) is 0 Å². The maximum Gasteiger partial charge on any atom is 0.339 e. The van der Waals surface area contributed by atoms with Crippen LogP contribution in [0.3, 0.4) is 0 Å². The van der Waals surface area contributed by atoms with Crippen molar-refractivity contribution in [1.29, 1.82) is 0 Å². The van der Waals surface area contributed by atoms with Crippen LogP contribution in [0, 0.1) is 5.82 Å². The van der Waals surface area contributed by atoms with E-state index in [4.69, 9.17) is 4.74 Å². The van der Waals surface area contributed by atoms with E-state index in [1.54, 1.807) is 12.1 Å². The topological polar surface area (TPSA) is 49.8 Å². The van der Waals surface area contributed by atoms with E-state index in [0.29, 0.717) is 18.5 Å². The number of rotatable bonds is 3. The molecule has 0 amide bonds. The van der Waals surface area contributed by atoms with Gasteiger partial charge in [0, 0.05) is 30.8 Å². The van der Waals surface area contributed by atoms with Crippen molar-refractivity contribution in [2.45, 2.75) is 25.0 Å². The lowest BCUT2D eigenvalue weighted by Crippen LogP contribution is -2.21. The zero-order chi connectivity index (χ0) is 16.7. The van der Waals surface area contributed by atoms with Crippen molar-refractivity contribution in [2.24, 2.45) is 0 Å². The number of carbonyl (C=O) groups is 1. The maximum atomic E-state index is 13.0. The third kappa shape index (κ3) is 3.48. The summed E-state index contributed by atoms with van der Waals surface area (Å²) in [5.74, 6) is -0.598. The third-order valence-electron chi connectivity index (χ3n) is 4.72. The molecule has 0 radical (unpaired) electrons. The van der Waals surface area contributed by atoms with E-state index in [-0.39, 0.29) is 36.4 Å². The molecule has 2 atom stereocenters. The summed E-state index contributed by atoms with van der Waals surface area (Å²) in [5.41, 5.74) is 3.31. The van der Waals surface area contributed by atoms with E-state index < -0.39 is 0 Å². The van der Waals surface area contributed by atoms with Crippen molar-refractivity contribution in [3.63, 3.8) is 0 Å². The van der Waals surface area contributed by atoms with Crippen molar-refractivity contribution in [3.05, 3.63) is 65.0 Å². The van der Waals surface area contributed by atoms with Gasteiger partial charge in [-0.25, -0.2) is 9.18 Å². The van der Waals surface area contributed by atoms with Gasteiger partial charge in [-0.05, 0) is 36.2 Å². The lowest BCUT2D eigenvalue weighted by molar-refractivity contribution is 0.0387. The Hall–Kier alpha value is -2.11. The van der Waals surface area contributed by atoms with Crippen molar-refractivity contribution < 1.29 is 19.0 Å². The molecule has 0 bridgehead atoms. The third-order valence-corrected chi connectivity index (χ3v) is 4.72. The summed E-state index contributed by atoms with van der Waals surface area (Å²) in [5, 5.41) is 9.67. The van der Waals surface area contributed by atoms with Crippen molar-refractivity contribution in [3.8, 4) is 0 Å². The number of aliphatic hydroxyl groups is 1. The van der Waals surface area contributed by atoms with Gasteiger partial charge in [0.05, 0.1) is 11.7 Å². The number of hydrogen-bond acceptors (Lipinski definition) is 4. The number of benzene rings is 2. The molecule has 4 rings (SSSR count). The Balaban J connectivity index is 0.00000182. The van der Waals surface area contributed by atoms with Gasteiger partial charge in [-0.2, -0.15) is 0 Å². The van der Waals surface area contributed by atoms with Gasteiger partial charge >= 0.3 is 5.97 Å². The summed E-state index contributed by atoms with van der Waals surface area (Å²) in [6.45, 7) is 1.38. The molecule has 2 aliphatic heterocycles. The quantitative estimate of drug-likeness (QED) is 0.850. The molecule has 0 aromatic heterocycles. The summed E-state index contributed by atoms with van der Waals surface area (Å²) in [6.07, 6.45) is 0.628. The predicted molar refractivity (Wildman–Crippen MR) is 94.8 cm³/mol. The van der Waals surface area contributed by atoms with Crippen LogP contribution in [0.15, 0.2) is 42.5 Å². The second kappa shape index (κ2) is 7.02. The standard InChI is InChI=1S/C19H18FNO3.ClH/c20-13-3-1-12(2-4-13)9-18-16-6-5-14(10-17(16)19(23)24-18)21-8-7-15(22)11-21;/h1-6,10,15,18,22H,7-9,11H2;1H/t15-,18?;/m1./s1. The first-order chi connectivity index (χ1) is 11.6. The number of nitrogens with zero attached hydrogens (tertiary/aromatic N) is 1. The fourth-order valence-corrected chi connectivity index (χ4v) is 3.42. The van der Waals surface area contributed by atoms with Gasteiger partial charge in [-0.15, -0.1) is 12.4 Å². The number of β-amino-alcohol motifs (C(OH)–C–C–N with tert-alkyl or cyclic N) is 1. The van der Waals surface area contributed by atoms with Crippen molar-refractivity contribution >= 4 is 24.1 Å². The number of aliphatic hydroxyl groups excluding tert-OH is 1. The van der Waals surface area contributed by atoms with Gasteiger partial charge < -0.3 is 14.7 Å². The smallest absolute Gasteiger partial charge is 0.339 e. The fraction of sp³-hybridized carbons (Fsp3) is 0.316. The lowest BCUT2D eigenvalue weighted by Gasteiger charge is -2.18. The lowest BCUT2D eigenvalue weighted by atomic mass is 9.98. The highest BCUT2D eigenvalue weighted by Gasteiger charge is 2.32. The second-order valence-corrected chi connectivity index (χ2v) is 6.38. The number of halogens is 2. The molecule has 2 aromatic carbocycles. The molecule has 4 nitrogen and oxygen atoms in total.